The zero-order valence-corrected chi connectivity index (χ0v) is 23.4. The quantitative estimate of drug-likeness (QED) is 0.509. The number of nitrogens with zero attached hydrogens (tertiary/aromatic N) is 1. The summed E-state index contributed by atoms with van der Waals surface area (Å²) in [5, 5.41) is 8.30. The smallest absolute Gasteiger partial charge is 0.255 e. The Kier molecular flexibility index (Phi) is 10.2. The van der Waals surface area contributed by atoms with Gasteiger partial charge < -0.3 is 30.3 Å². The third-order valence-electron chi connectivity index (χ3n) is 7.47. The fraction of sp³-hybridized carbons (Fsp3) is 0.467. The van der Waals surface area contributed by atoms with Crippen LogP contribution in [0.25, 0.3) is 0 Å². The largest absolute Gasteiger partial charge is 0.491 e. The van der Waals surface area contributed by atoms with E-state index in [1.807, 2.05) is 13.8 Å². The molecule has 1 fully saturated rings. The van der Waals surface area contributed by atoms with Gasteiger partial charge in [0.2, 0.25) is 17.7 Å². The Hall–Kier alpha value is -4.15. The van der Waals surface area contributed by atoms with Gasteiger partial charge in [-0.3, -0.25) is 19.2 Å². The molecule has 11 heteroatoms. The number of ether oxygens (including phenoxy) is 2. The van der Waals surface area contributed by atoms with Crippen LogP contribution in [0.2, 0.25) is 0 Å². The Morgan fingerprint density at radius 1 is 1.07 bits per heavy atom. The summed E-state index contributed by atoms with van der Waals surface area (Å²) in [5.74, 6) is -1.44. The number of benzene rings is 2. The molecule has 10 nitrogen and oxygen atoms in total. The molecule has 0 unspecified atom stereocenters. The number of carbonyl (C=O) groups excluding carboxylic acids is 4. The number of likely N-dealkylation sites (tertiary alicyclic amines) is 1. The molecular weight excluding hydrogens is 531 g/mol. The van der Waals surface area contributed by atoms with Crippen molar-refractivity contribution in [2.45, 2.75) is 57.7 Å². The van der Waals surface area contributed by atoms with Crippen LogP contribution in [0.15, 0.2) is 48.5 Å². The Balaban J connectivity index is 1.50. The summed E-state index contributed by atoms with van der Waals surface area (Å²) in [5.41, 5.74) is 0.220. The minimum atomic E-state index is -1.16. The number of piperidine rings is 1. The molecule has 41 heavy (non-hydrogen) atoms. The molecule has 2 aromatic carbocycles. The average Bonchev–Trinajstić information content (AvgIpc) is 2.98. The maximum atomic E-state index is 13.7. The van der Waals surface area contributed by atoms with Gasteiger partial charge in [-0.15, -0.1) is 0 Å². The number of rotatable bonds is 5. The van der Waals surface area contributed by atoms with Crippen molar-refractivity contribution in [1.82, 2.24) is 20.9 Å². The summed E-state index contributed by atoms with van der Waals surface area (Å²) < 4.78 is 24.9. The molecule has 0 radical (unpaired) electrons. The second-order valence-corrected chi connectivity index (χ2v) is 10.4. The zero-order chi connectivity index (χ0) is 29.4. The summed E-state index contributed by atoms with van der Waals surface area (Å²) in [6, 6.07) is 10.4. The Morgan fingerprint density at radius 2 is 1.78 bits per heavy atom. The van der Waals surface area contributed by atoms with Gasteiger partial charge in [0, 0.05) is 25.9 Å². The van der Waals surface area contributed by atoms with Crippen molar-refractivity contribution >= 4 is 23.6 Å². The highest BCUT2D eigenvalue weighted by Crippen LogP contribution is 2.22. The molecule has 0 bridgehead atoms. The molecule has 0 aliphatic carbocycles. The number of halogens is 1. The summed E-state index contributed by atoms with van der Waals surface area (Å²) >= 11 is 0. The fourth-order valence-corrected chi connectivity index (χ4v) is 4.90. The number of hydrogen-bond acceptors (Lipinski definition) is 6. The van der Waals surface area contributed by atoms with E-state index in [0.717, 1.165) is 0 Å². The minimum Gasteiger partial charge on any atom is -0.491 e. The number of para-hydroxylation sites is 1. The lowest BCUT2D eigenvalue weighted by atomic mass is 9.97. The number of hydrogen-bond donors (Lipinski definition) is 3. The molecule has 2 aromatic rings. The van der Waals surface area contributed by atoms with Crippen molar-refractivity contribution in [2.75, 3.05) is 26.2 Å². The molecule has 2 aliphatic rings. The van der Waals surface area contributed by atoms with E-state index in [1.54, 1.807) is 41.3 Å². The van der Waals surface area contributed by atoms with Crippen LogP contribution in [0.4, 0.5) is 4.39 Å². The van der Waals surface area contributed by atoms with Crippen LogP contribution in [0.5, 0.6) is 11.5 Å². The number of carbonyl (C=O) groups is 4. The maximum Gasteiger partial charge on any atom is 0.255 e. The SMILES string of the molecule is CC[C@H](C)[C@@H]1NC(=O)C[C@@H](C(=O)N2CCC(Oc3ccc(F)cc3)CC2)NC(=O)c2ccccc2OCCNC1=O. The van der Waals surface area contributed by atoms with Crippen LogP contribution < -0.4 is 25.4 Å². The van der Waals surface area contributed by atoms with Crippen molar-refractivity contribution in [3.8, 4) is 11.5 Å². The van der Waals surface area contributed by atoms with Gasteiger partial charge in [0.15, 0.2) is 0 Å². The summed E-state index contributed by atoms with van der Waals surface area (Å²) in [4.78, 5) is 54.7. The molecule has 4 rings (SSSR count). The second-order valence-electron chi connectivity index (χ2n) is 10.4. The van der Waals surface area contributed by atoms with Gasteiger partial charge in [-0.25, -0.2) is 4.39 Å². The Bertz CT molecular complexity index is 1230. The normalized spacial score (nSPS) is 21.7. The molecule has 220 valence electrons. The first-order valence-electron chi connectivity index (χ1n) is 14.1. The van der Waals surface area contributed by atoms with E-state index in [2.05, 4.69) is 16.0 Å². The third-order valence-corrected chi connectivity index (χ3v) is 7.47. The first-order valence-corrected chi connectivity index (χ1v) is 14.1. The standard InChI is InChI=1S/C30H37FN4O6/c1-3-19(2)27-29(38)32-14-17-40-25-7-5-4-6-23(25)28(37)33-24(18-26(36)34-27)30(39)35-15-12-22(13-16-35)41-21-10-8-20(31)9-11-21/h4-11,19,22,24,27H,3,12-18H2,1-2H3,(H,32,38)(H,33,37)(H,34,36)/t19-,24-,27-/m0/s1. The molecule has 0 saturated carbocycles. The van der Waals surface area contributed by atoms with Crippen LogP contribution in [0.3, 0.4) is 0 Å². The number of amides is 4. The van der Waals surface area contributed by atoms with E-state index >= 15 is 0 Å². The first kappa shape index (κ1) is 29.8. The monoisotopic (exact) mass is 568 g/mol. The topological polar surface area (TPSA) is 126 Å². The van der Waals surface area contributed by atoms with Gasteiger partial charge in [0.25, 0.3) is 5.91 Å². The third kappa shape index (κ3) is 7.96. The highest BCUT2D eigenvalue weighted by molar-refractivity contribution is 6.01. The lowest BCUT2D eigenvalue weighted by molar-refractivity contribution is -0.138. The van der Waals surface area contributed by atoms with E-state index in [-0.39, 0.29) is 48.9 Å². The molecule has 3 atom stereocenters. The lowest BCUT2D eigenvalue weighted by Crippen LogP contribution is -2.55. The zero-order valence-electron chi connectivity index (χ0n) is 23.4. The van der Waals surface area contributed by atoms with Crippen LogP contribution >= 0.6 is 0 Å². The number of nitrogens with one attached hydrogen (secondary N) is 3. The molecule has 1 saturated heterocycles. The summed E-state index contributed by atoms with van der Waals surface area (Å²) in [6.07, 6.45) is 1.22. The molecule has 2 heterocycles. The predicted octanol–water partition coefficient (Wildman–Crippen LogP) is 2.42. The maximum absolute atomic E-state index is 13.7. The van der Waals surface area contributed by atoms with Gasteiger partial charge in [-0.2, -0.15) is 0 Å². The van der Waals surface area contributed by atoms with Crippen molar-refractivity contribution in [1.29, 1.82) is 0 Å². The van der Waals surface area contributed by atoms with E-state index in [0.29, 0.717) is 43.9 Å². The molecule has 0 aromatic heterocycles. The Labute approximate surface area is 238 Å². The first-order chi connectivity index (χ1) is 19.7. The predicted molar refractivity (Wildman–Crippen MR) is 149 cm³/mol. The average molecular weight is 569 g/mol. The fourth-order valence-electron chi connectivity index (χ4n) is 4.90. The second kappa shape index (κ2) is 14.0. The molecular formula is C30H37FN4O6. The van der Waals surface area contributed by atoms with Crippen molar-refractivity contribution in [2.24, 2.45) is 5.92 Å². The van der Waals surface area contributed by atoms with Gasteiger partial charge in [-0.1, -0.05) is 32.4 Å². The highest BCUT2D eigenvalue weighted by atomic mass is 19.1. The van der Waals surface area contributed by atoms with E-state index in [9.17, 15) is 23.6 Å². The minimum absolute atomic E-state index is 0.120. The van der Waals surface area contributed by atoms with Gasteiger partial charge in [0.05, 0.1) is 18.5 Å². The van der Waals surface area contributed by atoms with E-state index < -0.39 is 29.8 Å². The van der Waals surface area contributed by atoms with Gasteiger partial charge in [-0.05, 0) is 42.3 Å². The summed E-state index contributed by atoms with van der Waals surface area (Å²) in [7, 11) is 0. The van der Waals surface area contributed by atoms with Crippen molar-refractivity contribution in [3.63, 3.8) is 0 Å². The molecule has 2 aliphatic heterocycles. The van der Waals surface area contributed by atoms with Crippen molar-refractivity contribution < 1.29 is 33.0 Å². The van der Waals surface area contributed by atoms with E-state index in [1.165, 1.54) is 12.1 Å². The lowest BCUT2D eigenvalue weighted by Gasteiger charge is -2.34. The highest BCUT2D eigenvalue weighted by Gasteiger charge is 2.34. The van der Waals surface area contributed by atoms with Crippen LogP contribution in [-0.2, 0) is 14.4 Å². The van der Waals surface area contributed by atoms with Gasteiger partial charge >= 0.3 is 0 Å². The number of fused-ring (bicyclic) bond motifs is 1. The Morgan fingerprint density at radius 3 is 2.49 bits per heavy atom. The summed E-state index contributed by atoms with van der Waals surface area (Å²) in [6.45, 7) is 4.81. The van der Waals surface area contributed by atoms with Crippen LogP contribution in [-0.4, -0.2) is 73.0 Å². The van der Waals surface area contributed by atoms with Crippen LogP contribution in [0, 0.1) is 11.7 Å². The van der Waals surface area contributed by atoms with Crippen molar-refractivity contribution in [3.05, 3.63) is 59.9 Å². The molecule has 4 amide bonds. The van der Waals surface area contributed by atoms with Crippen LogP contribution in [0.1, 0.15) is 49.9 Å². The molecule has 3 N–H and O–H groups in total. The van der Waals surface area contributed by atoms with Gasteiger partial charge in [0.1, 0.15) is 42.1 Å². The molecule has 0 spiro atoms. The van der Waals surface area contributed by atoms with E-state index in [4.69, 9.17) is 9.47 Å².